The predicted molar refractivity (Wildman–Crippen MR) is 105 cm³/mol. The third-order valence-electron chi connectivity index (χ3n) is 4.53. The van der Waals surface area contributed by atoms with Gasteiger partial charge in [0.2, 0.25) is 0 Å². The van der Waals surface area contributed by atoms with Gasteiger partial charge in [0.05, 0.1) is 11.3 Å². The van der Waals surface area contributed by atoms with E-state index < -0.39 is 0 Å². The summed E-state index contributed by atoms with van der Waals surface area (Å²) in [5.74, 6) is 0.0737. The van der Waals surface area contributed by atoms with Crippen molar-refractivity contribution in [3.05, 3.63) is 71.8 Å². The Morgan fingerprint density at radius 1 is 1.11 bits per heavy atom. The maximum absolute atomic E-state index is 12.4. The number of fused-ring (bicyclic) bond motifs is 1. The van der Waals surface area contributed by atoms with Gasteiger partial charge in [0.25, 0.3) is 5.91 Å². The molecule has 0 atom stereocenters. The van der Waals surface area contributed by atoms with Gasteiger partial charge in [-0.05, 0) is 60.9 Å². The molecule has 0 aliphatic heterocycles. The third-order valence-corrected chi connectivity index (χ3v) is 4.53. The molecule has 4 rings (SSSR count). The third kappa shape index (κ3) is 3.13. The number of pyridine rings is 2. The smallest absolute Gasteiger partial charge is 0.257 e. The summed E-state index contributed by atoms with van der Waals surface area (Å²) in [6, 6.07) is 9.25. The molecule has 0 fully saturated rings. The summed E-state index contributed by atoms with van der Waals surface area (Å²) < 4.78 is 0. The first kappa shape index (κ1) is 16.8. The molecular formula is C21H18N4O2. The van der Waals surface area contributed by atoms with Gasteiger partial charge in [-0.3, -0.25) is 9.78 Å². The number of hydrogen-bond donors (Lipinski definition) is 3. The fourth-order valence-corrected chi connectivity index (χ4v) is 3.08. The molecule has 0 radical (unpaired) electrons. The van der Waals surface area contributed by atoms with Crippen molar-refractivity contribution >= 4 is 22.6 Å². The van der Waals surface area contributed by atoms with Crippen molar-refractivity contribution in [3.63, 3.8) is 0 Å². The van der Waals surface area contributed by atoms with Gasteiger partial charge in [-0.15, -0.1) is 0 Å². The number of phenols is 1. The van der Waals surface area contributed by atoms with E-state index in [1.165, 1.54) is 6.20 Å². The number of aromatic nitrogens is 3. The van der Waals surface area contributed by atoms with Gasteiger partial charge < -0.3 is 15.4 Å². The van der Waals surface area contributed by atoms with Crippen molar-refractivity contribution in [2.24, 2.45) is 0 Å². The Labute approximate surface area is 155 Å². The first-order valence-electron chi connectivity index (χ1n) is 8.52. The normalized spacial score (nSPS) is 10.9. The van der Waals surface area contributed by atoms with E-state index >= 15 is 0 Å². The van der Waals surface area contributed by atoms with Crippen molar-refractivity contribution in [1.82, 2.24) is 15.0 Å². The van der Waals surface area contributed by atoms with Crippen LogP contribution >= 0.6 is 0 Å². The van der Waals surface area contributed by atoms with Crippen LogP contribution in [0.2, 0.25) is 0 Å². The monoisotopic (exact) mass is 358 g/mol. The fourth-order valence-electron chi connectivity index (χ4n) is 3.08. The molecule has 0 aliphatic carbocycles. The predicted octanol–water partition coefficient (Wildman–Crippen LogP) is 4.20. The van der Waals surface area contributed by atoms with Gasteiger partial charge in [-0.2, -0.15) is 0 Å². The molecule has 0 aliphatic rings. The molecule has 6 heteroatoms. The van der Waals surface area contributed by atoms with Gasteiger partial charge in [0.1, 0.15) is 11.4 Å². The van der Waals surface area contributed by atoms with Crippen molar-refractivity contribution < 1.29 is 9.90 Å². The molecule has 0 saturated carbocycles. The number of aryl methyl sites for hydroxylation is 2. The lowest BCUT2D eigenvalue weighted by Crippen LogP contribution is -2.11. The average molecular weight is 358 g/mol. The second kappa shape index (κ2) is 6.57. The highest BCUT2D eigenvalue weighted by Crippen LogP contribution is 2.32. The standard InChI is InChI=1S/C21H18N4O2/c1-12-6-15(7-13(2)19(12)26)16-8-17-18(11-24-20(17)23-10-16)25-21(27)14-4-3-5-22-9-14/h3-11,26H,1-2H3,(H,23,24)(H,25,27). The summed E-state index contributed by atoms with van der Waals surface area (Å²) in [5.41, 5.74) is 5.32. The number of anilines is 1. The highest BCUT2D eigenvalue weighted by Gasteiger charge is 2.12. The van der Waals surface area contributed by atoms with Crippen molar-refractivity contribution in [1.29, 1.82) is 0 Å². The maximum atomic E-state index is 12.4. The zero-order valence-corrected chi connectivity index (χ0v) is 14.9. The van der Waals surface area contributed by atoms with Crippen LogP contribution in [0.4, 0.5) is 5.69 Å². The van der Waals surface area contributed by atoms with E-state index in [1.807, 2.05) is 32.0 Å². The highest BCUT2D eigenvalue weighted by atomic mass is 16.3. The highest BCUT2D eigenvalue weighted by molar-refractivity contribution is 6.08. The lowest BCUT2D eigenvalue weighted by Gasteiger charge is -2.09. The zero-order chi connectivity index (χ0) is 19.0. The second-order valence-electron chi connectivity index (χ2n) is 6.48. The van der Waals surface area contributed by atoms with E-state index in [1.54, 1.807) is 30.7 Å². The number of rotatable bonds is 3. The molecule has 3 heterocycles. The number of nitrogens with zero attached hydrogens (tertiary/aromatic N) is 2. The largest absolute Gasteiger partial charge is 0.507 e. The SMILES string of the molecule is Cc1cc(-c2cnc3[nH]cc(NC(=O)c4cccnc4)c3c2)cc(C)c1O. The number of nitrogens with one attached hydrogen (secondary N) is 2. The number of aromatic hydroxyl groups is 1. The van der Waals surface area contributed by atoms with E-state index in [0.717, 1.165) is 27.6 Å². The minimum atomic E-state index is -0.231. The summed E-state index contributed by atoms with van der Waals surface area (Å²) in [7, 11) is 0. The van der Waals surface area contributed by atoms with Crippen LogP contribution in [0.5, 0.6) is 5.75 Å². The van der Waals surface area contributed by atoms with Crippen molar-refractivity contribution in [2.75, 3.05) is 5.32 Å². The molecule has 0 unspecified atom stereocenters. The molecule has 1 amide bonds. The summed E-state index contributed by atoms with van der Waals surface area (Å²) in [6.45, 7) is 3.74. The van der Waals surface area contributed by atoms with Gasteiger partial charge >= 0.3 is 0 Å². The van der Waals surface area contributed by atoms with Crippen LogP contribution in [0.25, 0.3) is 22.2 Å². The van der Waals surface area contributed by atoms with E-state index in [9.17, 15) is 9.90 Å². The van der Waals surface area contributed by atoms with Crippen LogP contribution in [0.1, 0.15) is 21.5 Å². The summed E-state index contributed by atoms with van der Waals surface area (Å²) in [6.07, 6.45) is 6.65. The van der Waals surface area contributed by atoms with Gasteiger partial charge in [0.15, 0.2) is 0 Å². The Hall–Kier alpha value is -3.67. The Balaban J connectivity index is 1.72. The maximum Gasteiger partial charge on any atom is 0.257 e. The van der Waals surface area contributed by atoms with E-state index in [0.29, 0.717) is 22.6 Å². The summed E-state index contributed by atoms with van der Waals surface area (Å²) >= 11 is 0. The Kier molecular flexibility index (Phi) is 4.08. The van der Waals surface area contributed by atoms with Crippen molar-refractivity contribution in [3.8, 4) is 16.9 Å². The summed E-state index contributed by atoms with van der Waals surface area (Å²) in [5, 5.41) is 13.7. The molecule has 3 N–H and O–H groups in total. The molecule has 6 nitrogen and oxygen atoms in total. The number of carbonyl (C=O) groups excluding carboxylic acids is 1. The Morgan fingerprint density at radius 3 is 2.59 bits per heavy atom. The molecule has 3 aromatic heterocycles. The minimum absolute atomic E-state index is 0.231. The summed E-state index contributed by atoms with van der Waals surface area (Å²) in [4.78, 5) is 23.9. The number of carbonyl (C=O) groups is 1. The van der Waals surface area contributed by atoms with Gasteiger partial charge in [-0.1, -0.05) is 0 Å². The molecule has 0 saturated heterocycles. The zero-order valence-electron chi connectivity index (χ0n) is 14.9. The van der Waals surface area contributed by atoms with Crippen LogP contribution in [0.15, 0.2) is 55.1 Å². The van der Waals surface area contributed by atoms with Crippen LogP contribution in [0.3, 0.4) is 0 Å². The van der Waals surface area contributed by atoms with Crippen LogP contribution in [-0.2, 0) is 0 Å². The number of hydrogen-bond acceptors (Lipinski definition) is 4. The molecule has 1 aromatic carbocycles. The topological polar surface area (TPSA) is 90.9 Å². The molecule has 0 spiro atoms. The lowest BCUT2D eigenvalue weighted by atomic mass is 10.0. The van der Waals surface area contributed by atoms with E-state index in [-0.39, 0.29) is 5.91 Å². The molecule has 0 bridgehead atoms. The van der Waals surface area contributed by atoms with Crippen molar-refractivity contribution in [2.45, 2.75) is 13.8 Å². The van der Waals surface area contributed by atoms with Crippen LogP contribution in [0, 0.1) is 13.8 Å². The number of amides is 1. The number of aromatic amines is 1. The molecular weight excluding hydrogens is 340 g/mol. The molecule has 27 heavy (non-hydrogen) atoms. The lowest BCUT2D eigenvalue weighted by molar-refractivity contribution is 0.102. The number of H-pyrrole nitrogens is 1. The number of benzene rings is 1. The number of phenolic OH excluding ortho intramolecular Hbond substituents is 1. The van der Waals surface area contributed by atoms with E-state index in [2.05, 4.69) is 20.3 Å². The van der Waals surface area contributed by atoms with Gasteiger partial charge in [0, 0.05) is 35.7 Å². The first-order chi connectivity index (χ1) is 13.0. The average Bonchev–Trinajstić information content (AvgIpc) is 3.08. The Bertz CT molecular complexity index is 1130. The second-order valence-corrected chi connectivity index (χ2v) is 6.48. The quantitative estimate of drug-likeness (QED) is 0.512. The van der Waals surface area contributed by atoms with Crippen LogP contribution < -0.4 is 5.32 Å². The Morgan fingerprint density at radius 2 is 1.89 bits per heavy atom. The molecule has 4 aromatic rings. The first-order valence-corrected chi connectivity index (χ1v) is 8.52. The van der Waals surface area contributed by atoms with E-state index in [4.69, 9.17) is 0 Å². The fraction of sp³-hybridized carbons (Fsp3) is 0.0952. The minimum Gasteiger partial charge on any atom is -0.507 e. The molecule has 134 valence electrons. The van der Waals surface area contributed by atoms with Crippen LogP contribution in [-0.4, -0.2) is 26.0 Å². The van der Waals surface area contributed by atoms with Gasteiger partial charge in [-0.25, -0.2) is 4.98 Å².